The third-order valence-electron chi connectivity index (χ3n) is 2.81. The van der Waals surface area contributed by atoms with Gasteiger partial charge in [0, 0.05) is 5.97 Å². The van der Waals surface area contributed by atoms with E-state index in [9.17, 15) is 15.0 Å². The minimum Gasteiger partial charge on any atom is -0.550 e. The zero-order chi connectivity index (χ0) is 12.2. The van der Waals surface area contributed by atoms with Gasteiger partial charge in [0.1, 0.15) is 0 Å². The molecule has 0 aromatic carbocycles. The Labute approximate surface area is 148 Å². The van der Waals surface area contributed by atoms with E-state index in [1.807, 2.05) is 0 Å². The summed E-state index contributed by atoms with van der Waals surface area (Å²) < 4.78 is 0. The van der Waals surface area contributed by atoms with Crippen LogP contribution in [0, 0.1) is 0 Å². The fourth-order valence-electron chi connectivity index (χ4n) is 1.79. The molecule has 1 atom stereocenters. The summed E-state index contributed by atoms with van der Waals surface area (Å²) in [6, 6.07) is 0. The van der Waals surface area contributed by atoms with Gasteiger partial charge in [0.05, 0.1) is 6.10 Å². The van der Waals surface area contributed by atoms with Crippen LogP contribution in [0.25, 0.3) is 0 Å². The molecule has 17 heavy (non-hydrogen) atoms. The van der Waals surface area contributed by atoms with Gasteiger partial charge in [0.15, 0.2) is 0 Å². The van der Waals surface area contributed by atoms with Crippen LogP contribution < -0.4 is 56.5 Å². The zero-order valence-corrected chi connectivity index (χ0v) is 14.5. The first-order valence-corrected chi connectivity index (χ1v) is 6.54. The van der Waals surface area contributed by atoms with Crippen molar-refractivity contribution in [3.8, 4) is 0 Å². The maximum atomic E-state index is 10.1. The Morgan fingerprint density at radius 1 is 1.06 bits per heavy atom. The number of hydrogen-bond acceptors (Lipinski definition) is 3. The summed E-state index contributed by atoms with van der Waals surface area (Å²) in [6.07, 6.45) is 8.98. The van der Waals surface area contributed by atoms with Crippen LogP contribution in [0.4, 0.5) is 0 Å². The van der Waals surface area contributed by atoms with E-state index in [1.165, 1.54) is 32.1 Å². The first-order chi connectivity index (χ1) is 7.66. The quantitative estimate of drug-likeness (QED) is 0.387. The average molecular weight is 268 g/mol. The van der Waals surface area contributed by atoms with E-state index in [-0.39, 0.29) is 63.9 Å². The van der Waals surface area contributed by atoms with Crippen LogP contribution in [0.2, 0.25) is 0 Å². The van der Waals surface area contributed by atoms with E-state index in [0.29, 0.717) is 12.8 Å². The molecule has 0 radical (unpaired) electrons. The van der Waals surface area contributed by atoms with Crippen LogP contribution in [0.15, 0.2) is 0 Å². The molecule has 0 aliphatic heterocycles. The molecule has 0 amide bonds. The smallest absolute Gasteiger partial charge is 0.550 e. The topological polar surface area (TPSA) is 60.4 Å². The number of rotatable bonds is 11. The Morgan fingerprint density at radius 3 is 2.18 bits per heavy atom. The minimum absolute atomic E-state index is 0. The normalized spacial score (nSPS) is 11.9. The van der Waals surface area contributed by atoms with Crippen LogP contribution in [0.1, 0.15) is 71.1 Å². The zero-order valence-electron chi connectivity index (χ0n) is 11.4. The summed E-state index contributed by atoms with van der Waals surface area (Å²) in [5.41, 5.74) is 0. The number of carbonyl (C=O) groups is 1. The number of aliphatic carboxylic acids is 1. The van der Waals surface area contributed by atoms with Crippen molar-refractivity contribution in [1.82, 2.24) is 0 Å². The molecule has 0 aromatic heterocycles. The molecule has 0 heterocycles. The van der Waals surface area contributed by atoms with Gasteiger partial charge in [-0.25, -0.2) is 0 Å². The molecule has 0 bridgehead atoms. The van der Waals surface area contributed by atoms with Gasteiger partial charge >= 0.3 is 51.4 Å². The van der Waals surface area contributed by atoms with E-state index in [2.05, 4.69) is 6.92 Å². The van der Waals surface area contributed by atoms with Crippen molar-refractivity contribution < 1.29 is 66.4 Å². The number of carboxylic acids is 1. The van der Waals surface area contributed by atoms with Crippen molar-refractivity contribution in [2.75, 3.05) is 0 Å². The molecular formula is C13H25KO3. The minimum atomic E-state index is -1.02. The SMILES string of the molecule is CCCCCCCCC(O)CCCC(=O)[O-].[K+]. The number of aliphatic hydroxyl groups is 1. The standard InChI is InChI=1S/C13H26O3.K/c1-2-3-4-5-6-7-9-12(14)10-8-11-13(15)16;/h12,14H,2-11H2,1H3,(H,15,16);/q;+1/p-1. The first-order valence-electron chi connectivity index (χ1n) is 6.54. The van der Waals surface area contributed by atoms with Gasteiger partial charge in [-0.05, 0) is 25.7 Å². The second-order valence-electron chi connectivity index (χ2n) is 4.47. The second-order valence-corrected chi connectivity index (χ2v) is 4.47. The number of unbranched alkanes of at least 4 members (excludes halogenated alkanes) is 5. The Morgan fingerprint density at radius 2 is 1.59 bits per heavy atom. The maximum Gasteiger partial charge on any atom is 1.00 e. The van der Waals surface area contributed by atoms with E-state index in [1.54, 1.807) is 0 Å². The van der Waals surface area contributed by atoms with Gasteiger partial charge in [-0.2, -0.15) is 0 Å². The van der Waals surface area contributed by atoms with Gasteiger partial charge in [-0.1, -0.05) is 45.4 Å². The van der Waals surface area contributed by atoms with Crippen LogP contribution in [-0.4, -0.2) is 17.2 Å². The molecule has 1 unspecified atom stereocenters. The van der Waals surface area contributed by atoms with Crippen LogP contribution >= 0.6 is 0 Å². The summed E-state index contributed by atoms with van der Waals surface area (Å²) in [7, 11) is 0. The van der Waals surface area contributed by atoms with Gasteiger partial charge in [0.2, 0.25) is 0 Å². The summed E-state index contributed by atoms with van der Waals surface area (Å²) in [5.74, 6) is -1.02. The van der Waals surface area contributed by atoms with Crippen molar-refractivity contribution in [2.45, 2.75) is 77.2 Å². The average Bonchev–Trinajstić information content (AvgIpc) is 2.22. The van der Waals surface area contributed by atoms with Crippen molar-refractivity contribution >= 4 is 5.97 Å². The molecule has 0 saturated heterocycles. The summed E-state index contributed by atoms with van der Waals surface area (Å²) in [6.45, 7) is 2.20. The van der Waals surface area contributed by atoms with E-state index < -0.39 is 5.97 Å². The Balaban J connectivity index is 0. The molecule has 4 heteroatoms. The van der Waals surface area contributed by atoms with Gasteiger partial charge in [-0.3, -0.25) is 0 Å². The van der Waals surface area contributed by atoms with Crippen LogP contribution in [-0.2, 0) is 4.79 Å². The molecule has 0 fully saturated rings. The Kier molecular flexibility index (Phi) is 18.1. The number of aliphatic hydroxyl groups excluding tert-OH is 1. The van der Waals surface area contributed by atoms with Crippen molar-refractivity contribution in [2.24, 2.45) is 0 Å². The summed E-state index contributed by atoms with van der Waals surface area (Å²) >= 11 is 0. The fraction of sp³-hybridized carbons (Fsp3) is 0.923. The second kappa shape index (κ2) is 15.1. The van der Waals surface area contributed by atoms with Crippen molar-refractivity contribution in [1.29, 1.82) is 0 Å². The molecule has 96 valence electrons. The van der Waals surface area contributed by atoms with Gasteiger partial charge < -0.3 is 15.0 Å². The third-order valence-corrected chi connectivity index (χ3v) is 2.81. The largest absolute Gasteiger partial charge is 1.00 e. The summed E-state index contributed by atoms with van der Waals surface area (Å²) in [4.78, 5) is 10.1. The number of hydrogen-bond donors (Lipinski definition) is 1. The first kappa shape index (κ1) is 20.4. The molecule has 1 N–H and O–H groups in total. The Hall–Kier alpha value is 1.07. The fourth-order valence-corrected chi connectivity index (χ4v) is 1.79. The molecular weight excluding hydrogens is 243 g/mol. The van der Waals surface area contributed by atoms with Crippen LogP contribution in [0.3, 0.4) is 0 Å². The molecule has 0 rings (SSSR count). The molecule has 0 saturated carbocycles. The predicted octanol–water partition coefficient (Wildman–Crippen LogP) is -0.978. The van der Waals surface area contributed by atoms with E-state index in [0.717, 1.165) is 12.8 Å². The number of carboxylic acid groups (broad SMARTS) is 1. The Bertz CT molecular complexity index is 174. The molecule has 0 spiro atoms. The monoisotopic (exact) mass is 268 g/mol. The van der Waals surface area contributed by atoms with E-state index >= 15 is 0 Å². The predicted molar refractivity (Wildman–Crippen MR) is 62.9 cm³/mol. The molecule has 0 aliphatic carbocycles. The molecule has 0 aliphatic rings. The molecule has 0 aromatic rings. The number of carbonyl (C=O) groups excluding carboxylic acids is 1. The van der Waals surface area contributed by atoms with Crippen molar-refractivity contribution in [3.63, 3.8) is 0 Å². The summed E-state index contributed by atoms with van der Waals surface area (Å²) in [5, 5.41) is 19.7. The van der Waals surface area contributed by atoms with E-state index in [4.69, 9.17) is 0 Å². The van der Waals surface area contributed by atoms with Crippen molar-refractivity contribution in [3.05, 3.63) is 0 Å². The van der Waals surface area contributed by atoms with Gasteiger partial charge in [0.25, 0.3) is 0 Å². The maximum absolute atomic E-state index is 10.1. The molecule has 3 nitrogen and oxygen atoms in total. The van der Waals surface area contributed by atoms with Gasteiger partial charge in [-0.15, -0.1) is 0 Å². The third kappa shape index (κ3) is 17.1. The van der Waals surface area contributed by atoms with Crippen LogP contribution in [0.5, 0.6) is 0 Å².